The molecule has 74 valence electrons. The van der Waals surface area contributed by atoms with Crippen LogP contribution in [0, 0.1) is 0 Å². The van der Waals surface area contributed by atoms with Crippen LogP contribution in [0.1, 0.15) is 15.9 Å². The van der Waals surface area contributed by atoms with Crippen molar-refractivity contribution in [3.63, 3.8) is 0 Å². The van der Waals surface area contributed by atoms with E-state index >= 15 is 0 Å². The first kappa shape index (κ1) is 10.8. The van der Waals surface area contributed by atoms with Crippen molar-refractivity contribution in [2.75, 3.05) is 6.54 Å². The lowest BCUT2D eigenvalue weighted by atomic mass is 10.1. The number of halogens is 1. The summed E-state index contributed by atoms with van der Waals surface area (Å²) >= 11 is 5.74. The Morgan fingerprint density at radius 1 is 1.43 bits per heavy atom. The quantitative estimate of drug-likeness (QED) is 0.750. The predicted molar refractivity (Wildman–Crippen MR) is 56.6 cm³/mol. The van der Waals surface area contributed by atoms with Crippen LogP contribution in [0.15, 0.2) is 18.2 Å². The Morgan fingerprint density at radius 3 is 2.64 bits per heavy atom. The normalized spacial score (nSPS) is 10.7. The summed E-state index contributed by atoms with van der Waals surface area (Å²) in [4.78, 5) is 10.5. The van der Waals surface area contributed by atoms with Crippen LogP contribution >= 0.6 is 11.6 Å². The minimum Gasteiger partial charge on any atom is -0.507 e. The van der Waals surface area contributed by atoms with E-state index < -0.39 is 0 Å². The molecule has 1 aromatic carbocycles. The number of benzene rings is 1. The van der Waals surface area contributed by atoms with Gasteiger partial charge in [-0.15, -0.1) is 0 Å². The molecule has 0 saturated heterocycles. The molecule has 0 radical (unpaired) electrons. The van der Waals surface area contributed by atoms with Crippen LogP contribution in [0.5, 0.6) is 5.75 Å². The maximum Gasteiger partial charge on any atom is 0.153 e. The number of rotatable bonds is 3. The number of hydrogen-bond acceptors (Lipinski definition) is 3. The molecule has 1 aromatic rings. The highest BCUT2D eigenvalue weighted by atomic mass is 35.5. The second-order valence-corrected chi connectivity index (χ2v) is 3.13. The van der Waals surface area contributed by atoms with Gasteiger partial charge in [-0.3, -0.25) is 4.79 Å². The van der Waals surface area contributed by atoms with Crippen molar-refractivity contribution in [2.45, 2.75) is 0 Å². The Bertz CT molecular complexity index is 375. The van der Waals surface area contributed by atoms with Crippen LogP contribution in [0.3, 0.4) is 0 Å². The lowest BCUT2D eigenvalue weighted by Crippen LogP contribution is -1.92. The van der Waals surface area contributed by atoms with Gasteiger partial charge in [-0.1, -0.05) is 23.8 Å². The molecule has 3 N–H and O–H groups in total. The topological polar surface area (TPSA) is 63.3 Å². The van der Waals surface area contributed by atoms with Crippen molar-refractivity contribution in [3.8, 4) is 5.75 Å². The highest BCUT2D eigenvalue weighted by Gasteiger charge is 2.05. The molecule has 0 aliphatic heterocycles. The van der Waals surface area contributed by atoms with Crippen LogP contribution in [0.2, 0.25) is 5.02 Å². The lowest BCUT2D eigenvalue weighted by molar-refractivity contribution is 0.112. The monoisotopic (exact) mass is 211 g/mol. The highest BCUT2D eigenvalue weighted by molar-refractivity contribution is 6.31. The van der Waals surface area contributed by atoms with E-state index in [0.29, 0.717) is 23.4 Å². The number of aldehydes is 1. The van der Waals surface area contributed by atoms with Gasteiger partial charge in [-0.05, 0) is 12.1 Å². The van der Waals surface area contributed by atoms with Gasteiger partial charge in [0, 0.05) is 17.1 Å². The standard InChI is InChI=1S/C10H10ClNO2/c11-9-4-7(2-1-3-12)10(14)8(5-9)6-13/h1-2,4-6,14H,3,12H2. The van der Waals surface area contributed by atoms with Crippen LogP contribution in [0.4, 0.5) is 0 Å². The van der Waals surface area contributed by atoms with Gasteiger partial charge in [0.25, 0.3) is 0 Å². The summed E-state index contributed by atoms with van der Waals surface area (Å²) in [6.45, 7) is 0.363. The van der Waals surface area contributed by atoms with Gasteiger partial charge in [-0.25, -0.2) is 0 Å². The average molecular weight is 212 g/mol. The van der Waals surface area contributed by atoms with Crippen molar-refractivity contribution in [3.05, 3.63) is 34.4 Å². The molecule has 0 aliphatic carbocycles. The minimum atomic E-state index is -0.0749. The zero-order valence-corrected chi connectivity index (χ0v) is 8.16. The molecule has 0 heterocycles. The van der Waals surface area contributed by atoms with E-state index in [9.17, 15) is 9.90 Å². The van der Waals surface area contributed by atoms with Crippen molar-refractivity contribution in [2.24, 2.45) is 5.73 Å². The second-order valence-electron chi connectivity index (χ2n) is 2.69. The maximum atomic E-state index is 10.5. The van der Waals surface area contributed by atoms with Crippen molar-refractivity contribution in [1.82, 2.24) is 0 Å². The summed E-state index contributed by atoms with van der Waals surface area (Å²) in [5.74, 6) is -0.0749. The molecule has 0 atom stereocenters. The second kappa shape index (κ2) is 4.79. The number of carbonyl (C=O) groups excluding carboxylic acids is 1. The van der Waals surface area contributed by atoms with E-state index in [2.05, 4.69) is 0 Å². The first-order valence-corrected chi connectivity index (χ1v) is 4.41. The summed E-state index contributed by atoms with van der Waals surface area (Å²) in [7, 11) is 0. The van der Waals surface area contributed by atoms with E-state index in [1.807, 2.05) is 0 Å². The molecule has 0 aliphatic rings. The third kappa shape index (κ3) is 2.34. The fourth-order valence-corrected chi connectivity index (χ4v) is 1.29. The van der Waals surface area contributed by atoms with E-state index in [0.717, 1.165) is 0 Å². The van der Waals surface area contributed by atoms with Crippen LogP contribution < -0.4 is 5.73 Å². The predicted octanol–water partition coefficient (Wildman–Crippen LogP) is 1.83. The van der Waals surface area contributed by atoms with Gasteiger partial charge in [0.2, 0.25) is 0 Å². The van der Waals surface area contributed by atoms with E-state index in [-0.39, 0.29) is 11.3 Å². The Kier molecular flexibility index (Phi) is 3.68. The number of phenols is 1. The maximum absolute atomic E-state index is 10.5. The molecular weight excluding hydrogens is 202 g/mol. The van der Waals surface area contributed by atoms with Gasteiger partial charge >= 0.3 is 0 Å². The average Bonchev–Trinajstić information content (AvgIpc) is 2.18. The smallest absolute Gasteiger partial charge is 0.153 e. The van der Waals surface area contributed by atoms with Gasteiger partial charge < -0.3 is 10.8 Å². The summed E-state index contributed by atoms with van der Waals surface area (Å²) in [6.07, 6.45) is 3.84. The SMILES string of the molecule is NCC=Cc1cc(Cl)cc(C=O)c1O. The fraction of sp³-hybridized carbons (Fsp3) is 0.100. The molecule has 0 unspecified atom stereocenters. The summed E-state index contributed by atoms with van der Waals surface area (Å²) < 4.78 is 0. The summed E-state index contributed by atoms with van der Waals surface area (Å²) in [6, 6.07) is 2.97. The zero-order valence-electron chi connectivity index (χ0n) is 7.40. The number of carbonyl (C=O) groups is 1. The third-order valence-electron chi connectivity index (χ3n) is 1.69. The van der Waals surface area contributed by atoms with E-state index in [1.54, 1.807) is 18.2 Å². The zero-order chi connectivity index (χ0) is 10.6. The number of hydrogen-bond donors (Lipinski definition) is 2. The van der Waals surface area contributed by atoms with Crippen molar-refractivity contribution >= 4 is 24.0 Å². The minimum absolute atomic E-state index is 0.0749. The Morgan fingerprint density at radius 2 is 2.07 bits per heavy atom. The molecule has 14 heavy (non-hydrogen) atoms. The van der Waals surface area contributed by atoms with Gasteiger partial charge in [-0.2, -0.15) is 0 Å². The lowest BCUT2D eigenvalue weighted by Gasteiger charge is -2.02. The van der Waals surface area contributed by atoms with Crippen LogP contribution in [-0.2, 0) is 0 Å². The van der Waals surface area contributed by atoms with Gasteiger partial charge in [0.15, 0.2) is 6.29 Å². The number of phenolic OH excluding ortho intramolecular Hbond substituents is 1. The molecule has 0 fully saturated rings. The van der Waals surface area contributed by atoms with Gasteiger partial charge in [0.1, 0.15) is 5.75 Å². The molecule has 0 bridgehead atoms. The molecule has 0 saturated carbocycles. The molecule has 4 heteroatoms. The highest BCUT2D eigenvalue weighted by Crippen LogP contribution is 2.26. The first-order chi connectivity index (χ1) is 6.69. The Balaban J connectivity index is 3.21. The molecule has 0 aromatic heterocycles. The van der Waals surface area contributed by atoms with Crippen molar-refractivity contribution in [1.29, 1.82) is 0 Å². The molecule has 1 rings (SSSR count). The number of nitrogens with two attached hydrogens (primary N) is 1. The first-order valence-electron chi connectivity index (χ1n) is 4.03. The molecule has 3 nitrogen and oxygen atoms in total. The summed E-state index contributed by atoms with van der Waals surface area (Å²) in [5, 5.41) is 9.96. The molecular formula is C10H10ClNO2. The van der Waals surface area contributed by atoms with Crippen LogP contribution in [0.25, 0.3) is 6.08 Å². The summed E-state index contributed by atoms with van der Waals surface area (Å²) in [5.41, 5.74) is 5.93. The fourth-order valence-electron chi connectivity index (χ4n) is 1.05. The van der Waals surface area contributed by atoms with E-state index in [1.165, 1.54) is 6.07 Å². The Labute approximate surface area is 86.8 Å². The third-order valence-corrected chi connectivity index (χ3v) is 1.91. The molecule has 0 spiro atoms. The van der Waals surface area contributed by atoms with Crippen LogP contribution in [-0.4, -0.2) is 17.9 Å². The van der Waals surface area contributed by atoms with Crippen molar-refractivity contribution < 1.29 is 9.90 Å². The van der Waals surface area contributed by atoms with E-state index in [4.69, 9.17) is 17.3 Å². The Hall–Kier alpha value is -1.32. The molecule has 0 amide bonds. The van der Waals surface area contributed by atoms with Gasteiger partial charge in [0.05, 0.1) is 5.56 Å². The number of aromatic hydroxyl groups is 1. The largest absolute Gasteiger partial charge is 0.507 e.